The van der Waals surface area contributed by atoms with Crippen molar-refractivity contribution in [3.8, 4) is 44.5 Å². The van der Waals surface area contributed by atoms with Crippen LogP contribution in [-0.4, -0.2) is 0 Å². The van der Waals surface area contributed by atoms with Gasteiger partial charge >= 0.3 is 0 Å². The zero-order valence-electron chi connectivity index (χ0n) is 28.3. The van der Waals surface area contributed by atoms with Crippen molar-refractivity contribution in [3.63, 3.8) is 0 Å². The molecule has 1 aliphatic rings. The van der Waals surface area contributed by atoms with Crippen LogP contribution in [0.2, 0.25) is 0 Å². The van der Waals surface area contributed by atoms with Crippen LogP contribution in [-0.2, 0) is 5.41 Å². The third kappa shape index (κ3) is 5.11. The van der Waals surface area contributed by atoms with Crippen molar-refractivity contribution in [2.24, 2.45) is 0 Å². The first-order chi connectivity index (χ1) is 24.5. The maximum Gasteiger partial charge on any atom is 0.0468 e. The summed E-state index contributed by atoms with van der Waals surface area (Å²) in [6.45, 7) is 4.72. The molecule has 0 N–H and O–H groups in total. The van der Waals surface area contributed by atoms with Gasteiger partial charge in [0.2, 0.25) is 0 Å². The van der Waals surface area contributed by atoms with Crippen molar-refractivity contribution in [2.75, 3.05) is 4.90 Å². The summed E-state index contributed by atoms with van der Waals surface area (Å²) in [6.07, 6.45) is 0. The van der Waals surface area contributed by atoms with Crippen LogP contribution in [0.1, 0.15) is 25.0 Å². The fourth-order valence-electron chi connectivity index (χ4n) is 7.86. The van der Waals surface area contributed by atoms with Crippen LogP contribution in [0.3, 0.4) is 0 Å². The molecule has 0 heterocycles. The smallest absolute Gasteiger partial charge is 0.0468 e. The molecule has 50 heavy (non-hydrogen) atoms. The second-order valence-electron chi connectivity index (χ2n) is 13.8. The minimum Gasteiger partial charge on any atom is -0.310 e. The van der Waals surface area contributed by atoms with E-state index in [0.29, 0.717) is 0 Å². The Morgan fingerprint density at radius 2 is 0.920 bits per heavy atom. The Labute approximate surface area is 294 Å². The van der Waals surface area contributed by atoms with Gasteiger partial charge in [0.15, 0.2) is 0 Å². The van der Waals surface area contributed by atoms with Crippen molar-refractivity contribution in [3.05, 3.63) is 199 Å². The maximum atomic E-state index is 2.42. The van der Waals surface area contributed by atoms with Crippen LogP contribution < -0.4 is 4.90 Å². The van der Waals surface area contributed by atoms with Crippen LogP contribution in [0.25, 0.3) is 55.3 Å². The van der Waals surface area contributed by atoms with E-state index in [1.54, 1.807) is 0 Å². The fraction of sp³-hybridized carbons (Fsp3) is 0.0612. The van der Waals surface area contributed by atoms with E-state index in [1.165, 1.54) is 66.4 Å². The van der Waals surface area contributed by atoms with E-state index in [4.69, 9.17) is 0 Å². The summed E-state index contributed by atoms with van der Waals surface area (Å²) < 4.78 is 0. The molecular formula is C49H37N. The third-order valence-electron chi connectivity index (χ3n) is 10.4. The topological polar surface area (TPSA) is 3.24 Å². The highest BCUT2D eigenvalue weighted by molar-refractivity contribution is 5.95. The summed E-state index contributed by atoms with van der Waals surface area (Å²) in [5, 5.41) is 2.51. The van der Waals surface area contributed by atoms with Crippen LogP contribution in [0.15, 0.2) is 188 Å². The molecule has 0 saturated carbocycles. The normalized spacial score (nSPS) is 12.8. The second-order valence-corrected chi connectivity index (χ2v) is 13.8. The van der Waals surface area contributed by atoms with Crippen molar-refractivity contribution in [1.29, 1.82) is 0 Å². The highest BCUT2D eigenvalue weighted by Gasteiger charge is 2.37. The third-order valence-corrected chi connectivity index (χ3v) is 10.4. The van der Waals surface area contributed by atoms with Crippen LogP contribution in [0, 0.1) is 0 Å². The van der Waals surface area contributed by atoms with Crippen molar-refractivity contribution >= 4 is 27.8 Å². The monoisotopic (exact) mass is 639 g/mol. The van der Waals surface area contributed by atoms with Gasteiger partial charge in [-0.3, -0.25) is 0 Å². The lowest BCUT2D eigenvalue weighted by Crippen LogP contribution is -2.15. The predicted molar refractivity (Wildman–Crippen MR) is 213 cm³/mol. The first-order valence-electron chi connectivity index (χ1n) is 17.4. The number of rotatable bonds is 6. The number of hydrogen-bond donors (Lipinski definition) is 0. The van der Waals surface area contributed by atoms with Crippen molar-refractivity contribution < 1.29 is 0 Å². The largest absolute Gasteiger partial charge is 0.310 e. The standard InChI is InChI=1S/C49H37N/c1-49(2)46-30-29-43(33-45(46)48-44(21-12-22-47(48)49)37-16-7-4-8-17-37)50(42-20-11-19-39(32-42)34-13-5-3-6-14-34)41-27-25-36(26-28-41)40-24-23-35-15-9-10-18-38(35)31-40/h3-33H,1-2H3. The van der Waals surface area contributed by atoms with Crippen LogP contribution in [0.5, 0.6) is 0 Å². The molecular weight excluding hydrogens is 603 g/mol. The number of anilines is 3. The van der Waals surface area contributed by atoms with Gasteiger partial charge in [0.25, 0.3) is 0 Å². The SMILES string of the molecule is CC1(C)c2ccc(N(c3ccc(-c4ccc5ccccc5c4)cc3)c3cccc(-c4ccccc4)c3)cc2-c2c(-c3ccccc3)cccc21. The Kier molecular flexibility index (Phi) is 7.21. The molecule has 0 amide bonds. The molecule has 0 fully saturated rings. The fourth-order valence-corrected chi connectivity index (χ4v) is 7.86. The van der Waals surface area contributed by atoms with E-state index in [2.05, 4.69) is 207 Å². The zero-order valence-corrected chi connectivity index (χ0v) is 28.3. The van der Waals surface area contributed by atoms with E-state index in [0.717, 1.165) is 17.1 Å². The molecule has 0 spiro atoms. The van der Waals surface area contributed by atoms with Gasteiger partial charge in [-0.15, -0.1) is 0 Å². The maximum absolute atomic E-state index is 2.42. The Morgan fingerprint density at radius 3 is 1.70 bits per heavy atom. The van der Waals surface area contributed by atoms with E-state index in [-0.39, 0.29) is 5.41 Å². The van der Waals surface area contributed by atoms with Gasteiger partial charge in [-0.2, -0.15) is 0 Å². The average Bonchev–Trinajstić information content (AvgIpc) is 3.41. The van der Waals surface area contributed by atoms with Crippen LogP contribution >= 0.6 is 0 Å². The Morgan fingerprint density at radius 1 is 0.340 bits per heavy atom. The predicted octanol–water partition coefficient (Wildman–Crippen LogP) is 13.6. The Bertz CT molecular complexity index is 2490. The number of nitrogens with zero attached hydrogens (tertiary/aromatic N) is 1. The van der Waals surface area contributed by atoms with E-state index in [9.17, 15) is 0 Å². The molecule has 1 nitrogen and oxygen atoms in total. The molecule has 238 valence electrons. The number of fused-ring (bicyclic) bond motifs is 4. The molecule has 9 rings (SSSR count). The number of benzene rings is 8. The van der Waals surface area contributed by atoms with Gasteiger partial charge in [0.05, 0.1) is 0 Å². The molecule has 1 heteroatoms. The van der Waals surface area contributed by atoms with Gasteiger partial charge in [-0.05, 0) is 109 Å². The lowest BCUT2D eigenvalue weighted by molar-refractivity contribution is 0.660. The molecule has 0 bridgehead atoms. The molecule has 1 aliphatic carbocycles. The molecule has 0 aromatic heterocycles. The average molecular weight is 640 g/mol. The first kappa shape index (κ1) is 29.9. The summed E-state index contributed by atoms with van der Waals surface area (Å²) in [7, 11) is 0. The lowest BCUT2D eigenvalue weighted by atomic mass is 9.82. The zero-order chi connectivity index (χ0) is 33.7. The molecule has 0 saturated heterocycles. The van der Waals surface area contributed by atoms with Crippen molar-refractivity contribution in [2.45, 2.75) is 19.3 Å². The molecule has 0 radical (unpaired) electrons. The molecule has 0 unspecified atom stereocenters. The van der Waals surface area contributed by atoms with Crippen molar-refractivity contribution in [1.82, 2.24) is 0 Å². The molecule has 0 aliphatic heterocycles. The van der Waals surface area contributed by atoms with Crippen LogP contribution in [0.4, 0.5) is 17.1 Å². The highest BCUT2D eigenvalue weighted by atomic mass is 15.1. The van der Waals surface area contributed by atoms with Gasteiger partial charge in [0, 0.05) is 22.5 Å². The first-order valence-corrected chi connectivity index (χ1v) is 17.4. The summed E-state index contributed by atoms with van der Waals surface area (Å²) in [5.41, 5.74) is 16.0. The summed E-state index contributed by atoms with van der Waals surface area (Å²) in [5.74, 6) is 0. The summed E-state index contributed by atoms with van der Waals surface area (Å²) in [6, 6.07) is 68.6. The minimum absolute atomic E-state index is 0.104. The Hall–Kier alpha value is -6.18. The van der Waals surface area contributed by atoms with E-state index < -0.39 is 0 Å². The summed E-state index contributed by atoms with van der Waals surface area (Å²) in [4.78, 5) is 2.41. The van der Waals surface area contributed by atoms with Gasteiger partial charge in [-0.25, -0.2) is 0 Å². The van der Waals surface area contributed by atoms with Gasteiger partial charge in [0.1, 0.15) is 0 Å². The summed E-state index contributed by atoms with van der Waals surface area (Å²) >= 11 is 0. The number of hydrogen-bond acceptors (Lipinski definition) is 1. The van der Waals surface area contributed by atoms with E-state index in [1.807, 2.05) is 0 Å². The molecule has 8 aromatic carbocycles. The van der Waals surface area contributed by atoms with Gasteiger partial charge < -0.3 is 4.90 Å². The molecule has 0 atom stereocenters. The van der Waals surface area contributed by atoms with Gasteiger partial charge in [-0.1, -0.05) is 159 Å². The second kappa shape index (κ2) is 12.1. The Balaban J connectivity index is 1.20. The molecule has 8 aromatic rings. The minimum atomic E-state index is -0.104. The highest BCUT2D eigenvalue weighted by Crippen LogP contribution is 2.53. The quantitative estimate of drug-likeness (QED) is 0.175. The van der Waals surface area contributed by atoms with E-state index >= 15 is 0 Å². The lowest BCUT2D eigenvalue weighted by Gasteiger charge is -2.28.